The number of esters is 3. The summed E-state index contributed by atoms with van der Waals surface area (Å²) in [6.07, 6.45) is -4.01. The number of hydrogen-bond donors (Lipinski definition) is 0. The number of carbonyl (C=O) groups excluding carboxylic acids is 4. The van der Waals surface area contributed by atoms with E-state index in [1.807, 2.05) is 0 Å². The van der Waals surface area contributed by atoms with E-state index in [-0.39, 0.29) is 23.3 Å². The molecule has 3 rings (SSSR count). The Morgan fingerprint density at radius 1 is 0.657 bits per heavy atom. The van der Waals surface area contributed by atoms with Gasteiger partial charge in [0.25, 0.3) is 0 Å². The van der Waals surface area contributed by atoms with Gasteiger partial charge in [0.2, 0.25) is 0 Å². The van der Waals surface area contributed by atoms with Crippen LogP contribution in [0.25, 0.3) is 0 Å². The number of methoxy groups -OCH3 is 1. The van der Waals surface area contributed by atoms with Crippen LogP contribution in [0.2, 0.25) is 0 Å². The fraction of sp³-hybridized carbons (Fsp3) is 0.185. The van der Waals surface area contributed by atoms with Gasteiger partial charge in [0.15, 0.2) is 24.6 Å². The zero-order valence-corrected chi connectivity index (χ0v) is 18.9. The second-order valence-electron chi connectivity index (χ2n) is 7.37. The maximum Gasteiger partial charge on any atom is 0.338 e. The quantitative estimate of drug-likeness (QED) is 0.235. The predicted octanol–water partition coefficient (Wildman–Crippen LogP) is 3.51. The lowest BCUT2D eigenvalue weighted by atomic mass is 10.1. The molecule has 0 aliphatic heterocycles. The molecule has 0 N–H and O–H groups in total. The third kappa shape index (κ3) is 7.09. The lowest BCUT2D eigenvalue weighted by Gasteiger charge is -2.29. The summed E-state index contributed by atoms with van der Waals surface area (Å²) in [5, 5.41) is 0. The highest BCUT2D eigenvalue weighted by Crippen LogP contribution is 2.18. The molecular formula is C27H24O8. The SMILES string of the molecule is COC[C@@H](OC(=O)c1ccccc1)[C@H](OC(=O)c1ccccc1)[C@H](C=O)OC(=O)c1ccccc1. The molecule has 0 aliphatic carbocycles. The number of aldehydes is 1. The summed E-state index contributed by atoms with van der Waals surface area (Å²) in [6.45, 7) is -0.238. The molecule has 3 aromatic rings. The second-order valence-corrected chi connectivity index (χ2v) is 7.37. The molecule has 0 amide bonds. The molecule has 0 fully saturated rings. The fourth-order valence-corrected chi connectivity index (χ4v) is 3.20. The van der Waals surface area contributed by atoms with E-state index in [1.165, 1.54) is 31.4 Å². The molecular weight excluding hydrogens is 452 g/mol. The minimum absolute atomic E-state index is 0.192. The molecule has 0 saturated heterocycles. The topological polar surface area (TPSA) is 105 Å². The highest BCUT2D eigenvalue weighted by atomic mass is 16.6. The van der Waals surface area contributed by atoms with E-state index in [9.17, 15) is 19.2 Å². The molecule has 0 unspecified atom stereocenters. The van der Waals surface area contributed by atoms with E-state index >= 15 is 0 Å². The van der Waals surface area contributed by atoms with Gasteiger partial charge in [-0.15, -0.1) is 0 Å². The highest BCUT2D eigenvalue weighted by molar-refractivity contribution is 5.92. The van der Waals surface area contributed by atoms with Crippen LogP contribution in [-0.2, 0) is 23.7 Å². The predicted molar refractivity (Wildman–Crippen MR) is 125 cm³/mol. The Labute approximate surface area is 202 Å². The van der Waals surface area contributed by atoms with Crippen molar-refractivity contribution in [1.82, 2.24) is 0 Å². The van der Waals surface area contributed by atoms with Crippen molar-refractivity contribution < 1.29 is 38.1 Å². The van der Waals surface area contributed by atoms with E-state index in [0.717, 1.165) is 0 Å². The van der Waals surface area contributed by atoms with Crippen LogP contribution < -0.4 is 0 Å². The van der Waals surface area contributed by atoms with Gasteiger partial charge in [-0.2, -0.15) is 0 Å². The van der Waals surface area contributed by atoms with E-state index in [4.69, 9.17) is 18.9 Å². The number of rotatable bonds is 11. The van der Waals surface area contributed by atoms with Gasteiger partial charge >= 0.3 is 17.9 Å². The van der Waals surface area contributed by atoms with Crippen LogP contribution in [0.1, 0.15) is 31.1 Å². The highest BCUT2D eigenvalue weighted by Gasteiger charge is 2.39. The largest absolute Gasteiger partial charge is 0.452 e. The number of carbonyl (C=O) groups is 4. The van der Waals surface area contributed by atoms with Crippen molar-refractivity contribution >= 4 is 24.2 Å². The van der Waals surface area contributed by atoms with Gasteiger partial charge < -0.3 is 18.9 Å². The lowest BCUT2D eigenvalue weighted by Crippen LogP contribution is -2.48. The molecule has 8 nitrogen and oxygen atoms in total. The molecule has 8 heteroatoms. The molecule has 3 atom stereocenters. The minimum Gasteiger partial charge on any atom is -0.452 e. The Morgan fingerprint density at radius 3 is 1.46 bits per heavy atom. The smallest absolute Gasteiger partial charge is 0.338 e. The average molecular weight is 476 g/mol. The maximum absolute atomic E-state index is 12.8. The zero-order valence-electron chi connectivity index (χ0n) is 18.9. The molecule has 0 spiro atoms. The Bertz CT molecular complexity index is 1120. The van der Waals surface area contributed by atoms with Crippen LogP contribution in [0.5, 0.6) is 0 Å². The van der Waals surface area contributed by atoms with E-state index in [1.54, 1.807) is 66.7 Å². The summed E-state index contributed by atoms with van der Waals surface area (Å²) in [4.78, 5) is 50.2. The first-order valence-electron chi connectivity index (χ1n) is 10.8. The summed E-state index contributed by atoms with van der Waals surface area (Å²) >= 11 is 0. The first-order valence-corrected chi connectivity index (χ1v) is 10.8. The summed E-state index contributed by atoms with van der Waals surface area (Å²) in [6, 6.07) is 24.2. The lowest BCUT2D eigenvalue weighted by molar-refractivity contribution is -0.132. The molecule has 0 saturated carbocycles. The van der Waals surface area contributed by atoms with Crippen LogP contribution >= 0.6 is 0 Å². The van der Waals surface area contributed by atoms with Crippen molar-refractivity contribution in [2.75, 3.05) is 13.7 Å². The molecule has 0 bridgehead atoms. The number of benzene rings is 3. The molecule has 0 aromatic heterocycles. The van der Waals surface area contributed by atoms with Crippen molar-refractivity contribution in [1.29, 1.82) is 0 Å². The minimum atomic E-state index is -1.58. The van der Waals surface area contributed by atoms with E-state index in [2.05, 4.69) is 0 Å². The molecule has 0 aliphatic rings. The van der Waals surface area contributed by atoms with E-state index < -0.39 is 36.2 Å². The Hall–Kier alpha value is -4.30. The average Bonchev–Trinajstić information content (AvgIpc) is 2.91. The monoisotopic (exact) mass is 476 g/mol. The molecule has 180 valence electrons. The maximum atomic E-state index is 12.8. The van der Waals surface area contributed by atoms with Gasteiger partial charge in [-0.05, 0) is 36.4 Å². The summed E-state index contributed by atoms with van der Waals surface area (Å²) in [5.41, 5.74) is 0.629. The molecule has 0 heterocycles. The second kappa shape index (κ2) is 12.8. The number of hydrogen-bond acceptors (Lipinski definition) is 8. The summed E-state index contributed by atoms with van der Waals surface area (Å²) < 4.78 is 21.7. The summed E-state index contributed by atoms with van der Waals surface area (Å²) in [5.74, 6) is -2.34. The summed E-state index contributed by atoms with van der Waals surface area (Å²) in [7, 11) is 1.35. The van der Waals surface area contributed by atoms with Gasteiger partial charge in [0, 0.05) is 7.11 Å². The number of ether oxygens (including phenoxy) is 4. The van der Waals surface area contributed by atoms with Crippen molar-refractivity contribution in [3.8, 4) is 0 Å². The van der Waals surface area contributed by atoms with Crippen LogP contribution in [0.3, 0.4) is 0 Å². The Balaban J connectivity index is 1.90. The van der Waals surface area contributed by atoms with Crippen molar-refractivity contribution in [2.45, 2.75) is 18.3 Å². The van der Waals surface area contributed by atoms with Crippen LogP contribution in [0, 0.1) is 0 Å². The fourth-order valence-electron chi connectivity index (χ4n) is 3.20. The van der Waals surface area contributed by atoms with Gasteiger partial charge in [-0.3, -0.25) is 4.79 Å². The molecule has 0 radical (unpaired) electrons. The Morgan fingerprint density at radius 2 is 1.06 bits per heavy atom. The third-order valence-electron chi connectivity index (χ3n) is 4.93. The van der Waals surface area contributed by atoms with Gasteiger partial charge in [-0.1, -0.05) is 54.6 Å². The van der Waals surface area contributed by atoms with Crippen LogP contribution in [0.15, 0.2) is 91.0 Å². The van der Waals surface area contributed by atoms with E-state index in [0.29, 0.717) is 6.29 Å². The molecule has 3 aromatic carbocycles. The van der Waals surface area contributed by atoms with Gasteiger partial charge in [0.05, 0.1) is 23.3 Å². The third-order valence-corrected chi connectivity index (χ3v) is 4.93. The zero-order chi connectivity index (χ0) is 25.0. The van der Waals surface area contributed by atoms with Crippen LogP contribution in [-0.4, -0.2) is 56.2 Å². The van der Waals surface area contributed by atoms with Gasteiger partial charge in [0.1, 0.15) is 0 Å². The standard InChI is InChI=1S/C27H24O8/c1-32-18-23(34-26(30)20-13-7-3-8-14-20)24(35-27(31)21-15-9-4-10-16-21)22(17-28)33-25(29)19-11-5-2-6-12-19/h2-17,22-24H,18H2,1H3/t22-,23+,24+/m0/s1. The van der Waals surface area contributed by atoms with Crippen molar-refractivity contribution in [2.24, 2.45) is 0 Å². The normalized spacial score (nSPS) is 13.1. The van der Waals surface area contributed by atoms with Crippen molar-refractivity contribution in [3.05, 3.63) is 108 Å². The van der Waals surface area contributed by atoms with Crippen LogP contribution in [0.4, 0.5) is 0 Å². The van der Waals surface area contributed by atoms with Crippen molar-refractivity contribution in [3.63, 3.8) is 0 Å². The first kappa shape index (κ1) is 25.3. The molecule has 35 heavy (non-hydrogen) atoms. The first-order chi connectivity index (χ1) is 17.0. The van der Waals surface area contributed by atoms with Gasteiger partial charge in [-0.25, -0.2) is 14.4 Å². The Kier molecular flexibility index (Phi) is 9.27.